The number of rotatable bonds is 3. The van der Waals surface area contributed by atoms with E-state index in [1.807, 2.05) is 13.8 Å². The van der Waals surface area contributed by atoms with Crippen molar-refractivity contribution in [1.29, 1.82) is 0 Å². The number of aryl methyl sites for hydroxylation is 1. The standard InChI is InChI=1S/C11H10F3N3O3S.C2H6/c1-6-10-16-9(20-21(18,19)11(12,13)14)5-17(10)4-8(15-6)7-2-3-7;1-2/h4-5,7H,2-3H2,1H3;1-2H3. The number of aromatic nitrogens is 3. The van der Waals surface area contributed by atoms with E-state index in [-0.39, 0.29) is 5.65 Å². The Bertz CT molecular complexity index is 811. The lowest BCUT2D eigenvalue weighted by atomic mass is 10.3. The SMILES string of the molecule is CC.Cc1nc(C2CC2)cn2cc(OS(=O)(=O)C(F)(F)F)nc12. The fourth-order valence-electron chi connectivity index (χ4n) is 1.93. The molecule has 128 valence electrons. The smallest absolute Gasteiger partial charge is 0.354 e. The molecular weight excluding hydrogens is 335 g/mol. The maximum absolute atomic E-state index is 12.3. The van der Waals surface area contributed by atoms with E-state index in [9.17, 15) is 21.6 Å². The highest BCUT2D eigenvalue weighted by molar-refractivity contribution is 7.87. The zero-order valence-electron chi connectivity index (χ0n) is 12.8. The first-order valence-electron chi connectivity index (χ1n) is 7.04. The molecule has 0 atom stereocenters. The Morgan fingerprint density at radius 2 is 1.83 bits per heavy atom. The van der Waals surface area contributed by atoms with E-state index >= 15 is 0 Å². The van der Waals surface area contributed by atoms with Crippen LogP contribution in [0.25, 0.3) is 5.65 Å². The molecule has 0 amide bonds. The second-order valence-electron chi connectivity index (χ2n) is 4.82. The topological polar surface area (TPSA) is 73.6 Å². The first-order chi connectivity index (χ1) is 10.7. The molecule has 0 unspecified atom stereocenters. The van der Waals surface area contributed by atoms with Crippen LogP contribution in [0, 0.1) is 6.92 Å². The quantitative estimate of drug-likeness (QED) is 0.627. The third-order valence-electron chi connectivity index (χ3n) is 3.08. The summed E-state index contributed by atoms with van der Waals surface area (Å²) in [5.41, 5.74) is -3.93. The normalized spacial score (nSPS) is 15.2. The number of nitrogens with zero attached hydrogens (tertiary/aromatic N) is 3. The first-order valence-corrected chi connectivity index (χ1v) is 8.45. The molecule has 1 aliphatic rings. The summed E-state index contributed by atoms with van der Waals surface area (Å²) in [6.45, 7) is 5.65. The summed E-state index contributed by atoms with van der Waals surface area (Å²) >= 11 is 0. The van der Waals surface area contributed by atoms with Gasteiger partial charge in [-0.15, -0.1) is 0 Å². The molecule has 0 radical (unpaired) electrons. The molecule has 0 aromatic carbocycles. The second-order valence-corrected chi connectivity index (χ2v) is 6.36. The van der Waals surface area contributed by atoms with Gasteiger partial charge in [0.2, 0.25) is 0 Å². The molecule has 6 nitrogen and oxygen atoms in total. The van der Waals surface area contributed by atoms with E-state index in [1.54, 1.807) is 13.1 Å². The summed E-state index contributed by atoms with van der Waals surface area (Å²) in [5, 5.41) is 0. The van der Waals surface area contributed by atoms with Crippen LogP contribution in [-0.2, 0) is 10.1 Å². The van der Waals surface area contributed by atoms with Gasteiger partial charge in [-0.3, -0.25) is 9.38 Å². The average Bonchev–Trinajstić information content (AvgIpc) is 3.21. The highest BCUT2D eigenvalue weighted by atomic mass is 32.2. The summed E-state index contributed by atoms with van der Waals surface area (Å²) in [4.78, 5) is 8.04. The van der Waals surface area contributed by atoms with E-state index in [0.717, 1.165) is 24.7 Å². The molecule has 2 aromatic rings. The van der Waals surface area contributed by atoms with E-state index in [4.69, 9.17) is 0 Å². The summed E-state index contributed by atoms with van der Waals surface area (Å²) in [6, 6.07) is 0. The molecule has 0 bridgehead atoms. The minimum absolute atomic E-state index is 0.256. The van der Waals surface area contributed by atoms with Crippen molar-refractivity contribution < 1.29 is 25.8 Å². The molecule has 1 aliphatic carbocycles. The van der Waals surface area contributed by atoms with Gasteiger partial charge in [-0.25, -0.2) is 0 Å². The predicted octanol–water partition coefficient (Wildman–Crippen LogP) is 3.17. The molecule has 2 heterocycles. The minimum Gasteiger partial charge on any atom is -0.354 e. The third kappa shape index (κ3) is 3.57. The first kappa shape index (κ1) is 17.5. The fraction of sp³-hybridized carbons (Fsp3) is 0.538. The lowest BCUT2D eigenvalue weighted by Crippen LogP contribution is -2.28. The predicted molar refractivity (Wildman–Crippen MR) is 76.6 cm³/mol. The molecule has 23 heavy (non-hydrogen) atoms. The van der Waals surface area contributed by atoms with Gasteiger partial charge in [-0.2, -0.15) is 26.6 Å². The maximum Gasteiger partial charge on any atom is 0.534 e. The van der Waals surface area contributed by atoms with Gasteiger partial charge in [0.25, 0.3) is 5.88 Å². The Morgan fingerprint density at radius 1 is 1.22 bits per heavy atom. The van der Waals surface area contributed by atoms with Crippen LogP contribution in [0.5, 0.6) is 5.88 Å². The molecule has 1 saturated carbocycles. The molecule has 10 heteroatoms. The largest absolute Gasteiger partial charge is 0.534 e. The van der Waals surface area contributed by atoms with Crippen molar-refractivity contribution in [3.8, 4) is 5.88 Å². The van der Waals surface area contributed by atoms with Crippen molar-refractivity contribution in [2.24, 2.45) is 0 Å². The summed E-state index contributed by atoms with van der Waals surface area (Å²) in [6.07, 6.45) is 4.75. The van der Waals surface area contributed by atoms with E-state index < -0.39 is 21.5 Å². The highest BCUT2D eigenvalue weighted by Crippen LogP contribution is 2.39. The van der Waals surface area contributed by atoms with Crippen LogP contribution in [0.4, 0.5) is 13.2 Å². The molecule has 1 fully saturated rings. The van der Waals surface area contributed by atoms with Crippen molar-refractivity contribution in [1.82, 2.24) is 14.4 Å². The van der Waals surface area contributed by atoms with Crippen LogP contribution in [0.3, 0.4) is 0 Å². The van der Waals surface area contributed by atoms with Crippen molar-refractivity contribution in [2.75, 3.05) is 0 Å². The Kier molecular flexibility index (Phi) is 4.56. The maximum atomic E-state index is 12.3. The third-order valence-corrected chi connectivity index (χ3v) is 4.03. The summed E-state index contributed by atoms with van der Waals surface area (Å²) in [7, 11) is -5.72. The fourth-order valence-corrected chi connectivity index (χ4v) is 2.33. The van der Waals surface area contributed by atoms with Crippen LogP contribution in [0.1, 0.15) is 44.0 Å². The van der Waals surface area contributed by atoms with Gasteiger partial charge in [-0.05, 0) is 19.8 Å². The molecule has 0 aliphatic heterocycles. The van der Waals surface area contributed by atoms with Crippen molar-refractivity contribution in [2.45, 2.75) is 45.0 Å². The van der Waals surface area contributed by atoms with Crippen molar-refractivity contribution in [3.63, 3.8) is 0 Å². The van der Waals surface area contributed by atoms with Gasteiger partial charge >= 0.3 is 15.6 Å². The Morgan fingerprint density at radius 3 is 2.35 bits per heavy atom. The number of fused-ring (bicyclic) bond motifs is 1. The number of imidazole rings is 1. The van der Waals surface area contributed by atoms with Crippen LogP contribution in [0.2, 0.25) is 0 Å². The van der Waals surface area contributed by atoms with Gasteiger partial charge < -0.3 is 4.18 Å². The van der Waals surface area contributed by atoms with Crippen LogP contribution in [-0.4, -0.2) is 28.3 Å². The number of halogens is 3. The number of hydrogen-bond acceptors (Lipinski definition) is 5. The van der Waals surface area contributed by atoms with E-state index in [2.05, 4.69) is 14.2 Å². The molecule has 0 saturated heterocycles. The lowest BCUT2D eigenvalue weighted by molar-refractivity contribution is -0.0501. The summed E-state index contributed by atoms with van der Waals surface area (Å²) in [5.74, 6) is -0.288. The van der Waals surface area contributed by atoms with Gasteiger partial charge in [-0.1, -0.05) is 13.8 Å². The molecule has 0 N–H and O–H groups in total. The highest BCUT2D eigenvalue weighted by Gasteiger charge is 2.49. The van der Waals surface area contributed by atoms with Gasteiger partial charge in [0.1, 0.15) is 0 Å². The van der Waals surface area contributed by atoms with Gasteiger partial charge in [0, 0.05) is 12.1 Å². The lowest BCUT2D eigenvalue weighted by Gasteiger charge is -2.06. The monoisotopic (exact) mass is 351 g/mol. The van der Waals surface area contributed by atoms with E-state index in [0.29, 0.717) is 11.6 Å². The Balaban J connectivity index is 0.000000924. The van der Waals surface area contributed by atoms with Crippen LogP contribution in [0.15, 0.2) is 12.4 Å². The number of alkyl halides is 3. The van der Waals surface area contributed by atoms with Crippen molar-refractivity contribution >= 4 is 15.8 Å². The van der Waals surface area contributed by atoms with Crippen LogP contribution >= 0.6 is 0 Å². The Hall–Kier alpha value is -1.84. The average molecular weight is 351 g/mol. The van der Waals surface area contributed by atoms with Crippen LogP contribution < -0.4 is 4.18 Å². The van der Waals surface area contributed by atoms with Crippen molar-refractivity contribution in [3.05, 3.63) is 23.8 Å². The molecule has 0 spiro atoms. The van der Waals surface area contributed by atoms with E-state index in [1.165, 1.54) is 4.40 Å². The Labute approximate surface area is 131 Å². The molecular formula is C13H16F3N3O3S. The summed E-state index contributed by atoms with van der Waals surface area (Å²) < 4.78 is 64.2. The second kappa shape index (κ2) is 5.99. The molecule has 2 aromatic heterocycles. The zero-order valence-corrected chi connectivity index (χ0v) is 13.6. The minimum atomic E-state index is -5.72. The van der Waals surface area contributed by atoms with Gasteiger partial charge in [0.15, 0.2) is 5.65 Å². The zero-order chi connectivity index (χ0) is 17.4. The molecule has 3 rings (SSSR count). The number of hydrogen-bond donors (Lipinski definition) is 0. The van der Waals surface area contributed by atoms with Gasteiger partial charge in [0.05, 0.1) is 17.6 Å².